The van der Waals surface area contributed by atoms with Crippen LogP contribution >= 0.6 is 79.4 Å². The van der Waals surface area contributed by atoms with Gasteiger partial charge < -0.3 is 0 Å². The Hall–Kier alpha value is 1.10. The molecule has 0 fully saturated rings. The summed E-state index contributed by atoms with van der Waals surface area (Å²) in [5.74, 6) is 0. The molecular formula is C7H3ClI3N3. The quantitative estimate of drug-likeness (QED) is 0.376. The van der Waals surface area contributed by atoms with Crippen molar-refractivity contribution in [2.45, 2.75) is 0 Å². The Kier molecular flexibility index (Phi) is 3.45. The van der Waals surface area contributed by atoms with Gasteiger partial charge in [0.15, 0.2) is 0 Å². The van der Waals surface area contributed by atoms with Crippen molar-refractivity contribution in [2.75, 3.05) is 0 Å². The second-order valence-electron chi connectivity index (χ2n) is 2.64. The molecule has 7 heteroatoms. The summed E-state index contributed by atoms with van der Waals surface area (Å²) in [5.41, 5.74) is 1.78. The normalized spacial score (nSPS) is 11.2. The van der Waals surface area contributed by atoms with Gasteiger partial charge in [-0.15, -0.1) is 0 Å². The highest BCUT2D eigenvalue weighted by Gasteiger charge is 2.16. The molecule has 0 radical (unpaired) electrons. The third kappa shape index (κ3) is 1.75. The van der Waals surface area contributed by atoms with E-state index in [1.165, 1.54) is 0 Å². The standard InChI is InChI=1S/C7H3ClI3N3/c1-14-5-2(8)3(9)6(10)12-4(5)7(11)13-14/h1H3. The van der Waals surface area contributed by atoms with Crippen LogP contribution in [0.5, 0.6) is 0 Å². The minimum Gasteiger partial charge on any atom is -0.264 e. The first-order valence-corrected chi connectivity index (χ1v) is 7.16. The summed E-state index contributed by atoms with van der Waals surface area (Å²) in [6.07, 6.45) is 0. The van der Waals surface area contributed by atoms with Gasteiger partial charge in [-0.1, -0.05) is 11.6 Å². The predicted molar refractivity (Wildman–Crippen MR) is 81.7 cm³/mol. The minimum absolute atomic E-state index is 0.734. The van der Waals surface area contributed by atoms with Crippen molar-refractivity contribution in [1.82, 2.24) is 14.8 Å². The molecule has 0 N–H and O–H groups in total. The van der Waals surface area contributed by atoms with E-state index in [1.807, 2.05) is 7.05 Å². The highest BCUT2D eigenvalue weighted by molar-refractivity contribution is 14.1. The molecule has 0 saturated heterocycles. The average Bonchev–Trinajstić information content (AvgIpc) is 2.38. The zero-order valence-electron chi connectivity index (χ0n) is 6.85. The maximum absolute atomic E-state index is 6.23. The second kappa shape index (κ2) is 4.17. The smallest absolute Gasteiger partial charge is 0.149 e. The molecule has 0 atom stereocenters. The van der Waals surface area contributed by atoms with Gasteiger partial charge in [0.05, 0.1) is 8.59 Å². The molecule has 0 spiro atoms. The Bertz CT molecular complexity index is 523. The van der Waals surface area contributed by atoms with Crippen LogP contribution in [-0.4, -0.2) is 14.8 Å². The molecule has 2 aromatic rings. The van der Waals surface area contributed by atoms with E-state index in [1.54, 1.807) is 4.68 Å². The first kappa shape index (κ1) is 11.6. The van der Waals surface area contributed by atoms with Crippen LogP contribution in [-0.2, 0) is 7.05 Å². The molecule has 3 nitrogen and oxygen atoms in total. The first-order valence-electron chi connectivity index (χ1n) is 3.55. The van der Waals surface area contributed by atoms with Gasteiger partial charge in [0.2, 0.25) is 0 Å². The van der Waals surface area contributed by atoms with E-state index in [4.69, 9.17) is 11.6 Å². The molecule has 0 aliphatic carbocycles. The number of aromatic nitrogens is 3. The average molecular weight is 545 g/mol. The first-order chi connectivity index (χ1) is 6.52. The molecule has 0 amide bonds. The van der Waals surface area contributed by atoms with Crippen LogP contribution in [0.4, 0.5) is 0 Å². The van der Waals surface area contributed by atoms with Gasteiger partial charge in [-0.25, -0.2) is 4.98 Å². The van der Waals surface area contributed by atoms with E-state index in [2.05, 4.69) is 77.9 Å². The second-order valence-corrected chi connectivity index (χ2v) is 6.14. The van der Waals surface area contributed by atoms with Crippen LogP contribution in [0.3, 0.4) is 0 Å². The monoisotopic (exact) mass is 545 g/mol. The number of fused-ring (bicyclic) bond motifs is 1. The Morgan fingerprint density at radius 1 is 1.21 bits per heavy atom. The van der Waals surface area contributed by atoms with Crippen LogP contribution in [0.2, 0.25) is 5.02 Å². The topological polar surface area (TPSA) is 30.7 Å². The van der Waals surface area contributed by atoms with Gasteiger partial charge in [-0.3, -0.25) is 4.68 Å². The fourth-order valence-corrected chi connectivity index (χ4v) is 3.21. The Balaban J connectivity index is 3.01. The van der Waals surface area contributed by atoms with E-state index < -0.39 is 0 Å². The highest BCUT2D eigenvalue weighted by Crippen LogP contribution is 2.31. The van der Waals surface area contributed by atoms with Gasteiger partial charge in [-0.05, 0) is 67.8 Å². The number of hydrogen-bond donors (Lipinski definition) is 0. The molecule has 74 valence electrons. The molecule has 0 bridgehead atoms. The van der Waals surface area contributed by atoms with Crippen molar-refractivity contribution in [3.63, 3.8) is 0 Å². The van der Waals surface area contributed by atoms with Gasteiger partial charge in [-0.2, -0.15) is 5.10 Å². The lowest BCUT2D eigenvalue weighted by Gasteiger charge is -2.01. The highest BCUT2D eigenvalue weighted by atomic mass is 127. The third-order valence-electron chi connectivity index (χ3n) is 1.77. The van der Waals surface area contributed by atoms with E-state index >= 15 is 0 Å². The van der Waals surface area contributed by atoms with Gasteiger partial charge in [0, 0.05) is 7.05 Å². The number of rotatable bonds is 0. The fourth-order valence-electron chi connectivity index (χ4n) is 1.17. The van der Waals surface area contributed by atoms with Crippen molar-refractivity contribution in [1.29, 1.82) is 0 Å². The van der Waals surface area contributed by atoms with E-state index in [0.717, 1.165) is 27.0 Å². The summed E-state index contributed by atoms with van der Waals surface area (Å²) in [5, 5.41) is 5.02. The fraction of sp³-hybridized carbons (Fsp3) is 0.143. The zero-order valence-corrected chi connectivity index (χ0v) is 14.1. The van der Waals surface area contributed by atoms with E-state index in [-0.39, 0.29) is 0 Å². The van der Waals surface area contributed by atoms with Crippen molar-refractivity contribution < 1.29 is 0 Å². The van der Waals surface area contributed by atoms with Crippen LogP contribution in [0, 0.1) is 11.0 Å². The summed E-state index contributed by atoms with van der Waals surface area (Å²) < 4.78 is 4.56. The summed E-state index contributed by atoms with van der Waals surface area (Å²) in [6, 6.07) is 0. The Morgan fingerprint density at radius 2 is 1.86 bits per heavy atom. The molecule has 2 aromatic heterocycles. The molecule has 2 rings (SSSR count). The number of pyridine rings is 1. The maximum atomic E-state index is 6.23. The Morgan fingerprint density at radius 3 is 2.50 bits per heavy atom. The SMILES string of the molecule is Cn1nc(I)c2nc(I)c(I)c(Cl)c21. The van der Waals surface area contributed by atoms with E-state index in [0.29, 0.717) is 0 Å². The molecule has 0 aromatic carbocycles. The number of nitrogens with zero attached hydrogens (tertiary/aromatic N) is 3. The van der Waals surface area contributed by atoms with Gasteiger partial charge in [0.25, 0.3) is 0 Å². The van der Waals surface area contributed by atoms with Crippen LogP contribution in [0.15, 0.2) is 0 Å². The van der Waals surface area contributed by atoms with Crippen LogP contribution in [0.25, 0.3) is 11.0 Å². The van der Waals surface area contributed by atoms with Crippen LogP contribution < -0.4 is 0 Å². The number of hydrogen-bond acceptors (Lipinski definition) is 2. The molecule has 14 heavy (non-hydrogen) atoms. The number of aryl methyl sites for hydroxylation is 1. The van der Waals surface area contributed by atoms with Crippen LogP contribution in [0.1, 0.15) is 0 Å². The summed E-state index contributed by atoms with van der Waals surface area (Å²) in [4.78, 5) is 4.46. The molecule has 0 saturated carbocycles. The lowest BCUT2D eigenvalue weighted by atomic mass is 10.4. The Labute approximate surface area is 126 Å². The van der Waals surface area contributed by atoms with Gasteiger partial charge in [0.1, 0.15) is 18.4 Å². The zero-order chi connectivity index (χ0) is 10.5. The maximum Gasteiger partial charge on any atom is 0.149 e. The summed E-state index contributed by atoms with van der Waals surface area (Å²) in [7, 11) is 1.88. The summed E-state index contributed by atoms with van der Waals surface area (Å²) >= 11 is 12.8. The van der Waals surface area contributed by atoms with E-state index in [9.17, 15) is 0 Å². The van der Waals surface area contributed by atoms with Crippen molar-refractivity contribution in [3.05, 3.63) is 16.0 Å². The largest absolute Gasteiger partial charge is 0.264 e. The molecule has 0 aliphatic rings. The third-order valence-corrected chi connectivity index (χ3v) is 6.05. The van der Waals surface area contributed by atoms with Crippen molar-refractivity contribution in [3.8, 4) is 0 Å². The predicted octanol–water partition coefficient (Wildman–Crippen LogP) is 3.44. The molecule has 0 aliphatic heterocycles. The number of halogens is 4. The van der Waals surface area contributed by atoms with Crippen molar-refractivity contribution in [2.24, 2.45) is 7.05 Å². The van der Waals surface area contributed by atoms with Crippen molar-refractivity contribution >= 4 is 90.4 Å². The molecule has 2 heterocycles. The van der Waals surface area contributed by atoms with Gasteiger partial charge >= 0.3 is 0 Å². The molecule has 0 unspecified atom stereocenters. The summed E-state index contributed by atoms with van der Waals surface area (Å²) in [6.45, 7) is 0. The molecular weight excluding hydrogens is 542 g/mol. The lowest BCUT2D eigenvalue weighted by Crippen LogP contribution is -1.94. The minimum atomic E-state index is 0.734. The lowest BCUT2D eigenvalue weighted by molar-refractivity contribution is 0.787.